The summed E-state index contributed by atoms with van der Waals surface area (Å²) in [4.78, 5) is 9.43. The summed E-state index contributed by atoms with van der Waals surface area (Å²) < 4.78 is 50.8. The van der Waals surface area contributed by atoms with Crippen LogP contribution in [0.4, 0.5) is 23.4 Å². The van der Waals surface area contributed by atoms with Gasteiger partial charge in [0, 0.05) is 18.5 Å². The van der Waals surface area contributed by atoms with Gasteiger partial charge in [-0.2, -0.15) is 13.2 Å². The molecular weight excluding hydrogens is 312 g/mol. The van der Waals surface area contributed by atoms with Crippen LogP contribution in [0.5, 0.6) is 0 Å². The molecule has 1 aromatic carbocycles. The fourth-order valence-electron chi connectivity index (χ4n) is 2.91. The summed E-state index contributed by atoms with van der Waals surface area (Å²) >= 11 is 0. The summed E-state index contributed by atoms with van der Waals surface area (Å²) in [6.45, 7) is 0.455. The van der Waals surface area contributed by atoms with Crippen molar-refractivity contribution in [3.63, 3.8) is 0 Å². The third-order valence-electron chi connectivity index (χ3n) is 3.95. The Hall–Kier alpha value is -1.96. The lowest BCUT2D eigenvalue weighted by molar-refractivity contribution is -0.143. The highest BCUT2D eigenvalue weighted by Gasteiger charge is 2.34. The van der Waals surface area contributed by atoms with Gasteiger partial charge in [0.25, 0.3) is 0 Å². The molecule has 1 aromatic heterocycles. The Morgan fingerprint density at radius 2 is 2.09 bits per heavy atom. The number of alkyl halides is 3. The third kappa shape index (κ3) is 3.87. The van der Waals surface area contributed by atoms with Gasteiger partial charge < -0.3 is 5.32 Å². The number of anilines is 1. The quantitative estimate of drug-likeness (QED) is 0.876. The smallest absolute Gasteiger partial charge is 0.369 e. The average molecular weight is 328 g/mol. The first-order valence-electron chi connectivity index (χ1n) is 7.34. The number of aromatic nitrogens is 2. The molecule has 0 radical (unpaired) electrons. The number of halogens is 4. The molecule has 1 N–H and O–H groups in total. The number of likely N-dealkylation sites (tertiary alicyclic amines) is 1. The lowest BCUT2D eigenvalue weighted by Gasteiger charge is -2.18. The van der Waals surface area contributed by atoms with Crippen molar-refractivity contribution in [2.75, 3.05) is 31.5 Å². The molecule has 0 spiro atoms. The van der Waals surface area contributed by atoms with Crippen molar-refractivity contribution < 1.29 is 17.6 Å². The number of rotatable bonds is 4. The Kier molecular flexibility index (Phi) is 4.34. The van der Waals surface area contributed by atoms with Crippen LogP contribution in [0, 0.1) is 11.7 Å². The number of hydrogen-bond acceptors (Lipinski definition) is 4. The van der Waals surface area contributed by atoms with Gasteiger partial charge in [0.05, 0.1) is 6.54 Å². The van der Waals surface area contributed by atoms with Gasteiger partial charge in [0.1, 0.15) is 23.5 Å². The van der Waals surface area contributed by atoms with Crippen molar-refractivity contribution in [2.24, 2.45) is 5.92 Å². The van der Waals surface area contributed by atoms with E-state index in [1.54, 1.807) is 12.1 Å². The second kappa shape index (κ2) is 6.27. The first kappa shape index (κ1) is 15.9. The summed E-state index contributed by atoms with van der Waals surface area (Å²) in [5.41, 5.74) is 0.232. The van der Waals surface area contributed by atoms with Crippen molar-refractivity contribution in [2.45, 2.75) is 12.6 Å². The van der Waals surface area contributed by atoms with E-state index in [4.69, 9.17) is 0 Å². The van der Waals surface area contributed by atoms with Crippen LogP contribution >= 0.6 is 0 Å². The summed E-state index contributed by atoms with van der Waals surface area (Å²) in [7, 11) is 0. The molecule has 1 fully saturated rings. The van der Waals surface area contributed by atoms with Crippen molar-refractivity contribution >= 4 is 16.7 Å². The molecule has 2 heterocycles. The molecular formula is C15H16F4N4. The van der Waals surface area contributed by atoms with Gasteiger partial charge in [-0.3, -0.25) is 4.90 Å². The monoisotopic (exact) mass is 328 g/mol. The van der Waals surface area contributed by atoms with E-state index in [2.05, 4.69) is 15.3 Å². The SMILES string of the molecule is Fc1cccc2c(NCC3CCN(CC(F)(F)F)C3)ncnc12. The van der Waals surface area contributed by atoms with Crippen LogP contribution in [0.3, 0.4) is 0 Å². The van der Waals surface area contributed by atoms with Gasteiger partial charge in [0.2, 0.25) is 0 Å². The zero-order valence-corrected chi connectivity index (χ0v) is 12.3. The third-order valence-corrected chi connectivity index (χ3v) is 3.95. The van der Waals surface area contributed by atoms with Crippen molar-refractivity contribution in [3.05, 3.63) is 30.3 Å². The number of nitrogens with one attached hydrogen (secondary N) is 1. The van der Waals surface area contributed by atoms with Crippen LogP contribution in [0.2, 0.25) is 0 Å². The van der Waals surface area contributed by atoms with Crippen LogP contribution in [0.15, 0.2) is 24.5 Å². The molecule has 124 valence electrons. The van der Waals surface area contributed by atoms with E-state index in [1.807, 2.05) is 0 Å². The minimum absolute atomic E-state index is 0.107. The Bertz CT molecular complexity index is 689. The Morgan fingerprint density at radius 1 is 1.26 bits per heavy atom. The van der Waals surface area contributed by atoms with Gasteiger partial charge in [-0.1, -0.05) is 6.07 Å². The van der Waals surface area contributed by atoms with E-state index in [0.717, 1.165) is 0 Å². The van der Waals surface area contributed by atoms with Gasteiger partial charge in [-0.15, -0.1) is 0 Å². The molecule has 3 rings (SSSR count). The zero-order chi connectivity index (χ0) is 16.4. The van der Waals surface area contributed by atoms with Crippen molar-refractivity contribution in [1.29, 1.82) is 0 Å². The van der Waals surface area contributed by atoms with E-state index >= 15 is 0 Å². The number of para-hydroxylation sites is 1. The van der Waals surface area contributed by atoms with Crippen LogP contribution in [0.25, 0.3) is 10.9 Å². The first-order chi connectivity index (χ1) is 10.9. The predicted molar refractivity (Wildman–Crippen MR) is 78.6 cm³/mol. The molecule has 2 aromatic rings. The fraction of sp³-hybridized carbons (Fsp3) is 0.467. The van der Waals surface area contributed by atoms with Crippen molar-refractivity contribution in [3.8, 4) is 0 Å². The second-order valence-electron chi connectivity index (χ2n) is 5.74. The zero-order valence-electron chi connectivity index (χ0n) is 12.3. The number of hydrogen-bond donors (Lipinski definition) is 1. The summed E-state index contributed by atoms with van der Waals surface area (Å²) in [6.07, 6.45) is -2.19. The molecule has 23 heavy (non-hydrogen) atoms. The average Bonchev–Trinajstić information content (AvgIpc) is 2.91. The Labute approximate surface area is 130 Å². The van der Waals surface area contributed by atoms with Gasteiger partial charge in [-0.05, 0) is 31.0 Å². The van der Waals surface area contributed by atoms with E-state index in [1.165, 1.54) is 17.3 Å². The maximum atomic E-state index is 13.7. The lowest BCUT2D eigenvalue weighted by atomic mass is 10.1. The summed E-state index contributed by atoms with van der Waals surface area (Å²) in [5.74, 6) is 0.185. The van der Waals surface area contributed by atoms with E-state index in [-0.39, 0.29) is 11.4 Å². The fourth-order valence-corrected chi connectivity index (χ4v) is 2.91. The van der Waals surface area contributed by atoms with Gasteiger partial charge in [-0.25, -0.2) is 14.4 Å². The molecule has 1 aliphatic rings. The maximum absolute atomic E-state index is 13.7. The highest BCUT2D eigenvalue weighted by atomic mass is 19.4. The minimum Gasteiger partial charge on any atom is -0.369 e. The van der Waals surface area contributed by atoms with Gasteiger partial charge in [0.15, 0.2) is 0 Å². The summed E-state index contributed by atoms with van der Waals surface area (Å²) in [5, 5.41) is 3.68. The lowest BCUT2D eigenvalue weighted by Crippen LogP contribution is -2.33. The Balaban J connectivity index is 1.63. The van der Waals surface area contributed by atoms with E-state index in [9.17, 15) is 17.6 Å². The molecule has 0 amide bonds. The maximum Gasteiger partial charge on any atom is 0.401 e. The van der Waals surface area contributed by atoms with Crippen molar-refractivity contribution in [1.82, 2.24) is 14.9 Å². The standard InChI is InChI=1S/C15H16F4N4/c16-12-3-1-2-11-13(12)21-9-22-14(11)20-6-10-4-5-23(7-10)8-15(17,18)19/h1-3,9-10H,4-8H2,(H,20,21,22). The molecule has 1 saturated heterocycles. The topological polar surface area (TPSA) is 41.0 Å². The first-order valence-corrected chi connectivity index (χ1v) is 7.34. The highest BCUT2D eigenvalue weighted by molar-refractivity contribution is 5.89. The highest BCUT2D eigenvalue weighted by Crippen LogP contribution is 2.25. The van der Waals surface area contributed by atoms with Crippen LogP contribution in [0.1, 0.15) is 6.42 Å². The van der Waals surface area contributed by atoms with Crippen LogP contribution in [-0.2, 0) is 0 Å². The minimum atomic E-state index is -4.16. The van der Waals surface area contributed by atoms with Crippen LogP contribution in [-0.4, -0.2) is 47.2 Å². The molecule has 0 saturated carbocycles. The van der Waals surface area contributed by atoms with E-state index < -0.39 is 18.5 Å². The molecule has 1 unspecified atom stereocenters. The largest absolute Gasteiger partial charge is 0.401 e. The Morgan fingerprint density at radius 3 is 2.87 bits per heavy atom. The van der Waals surface area contributed by atoms with Gasteiger partial charge >= 0.3 is 6.18 Å². The van der Waals surface area contributed by atoms with Crippen LogP contribution < -0.4 is 5.32 Å². The molecule has 1 aliphatic heterocycles. The molecule has 4 nitrogen and oxygen atoms in total. The molecule has 0 bridgehead atoms. The molecule has 1 atom stereocenters. The van der Waals surface area contributed by atoms with E-state index in [0.29, 0.717) is 37.3 Å². The number of fused-ring (bicyclic) bond motifs is 1. The molecule has 8 heteroatoms. The summed E-state index contributed by atoms with van der Waals surface area (Å²) in [6, 6.07) is 4.61. The normalized spacial score (nSPS) is 19.4. The number of nitrogens with zero attached hydrogens (tertiary/aromatic N) is 3. The second-order valence-corrected chi connectivity index (χ2v) is 5.74. The molecule has 0 aliphatic carbocycles. The number of benzene rings is 1. The predicted octanol–water partition coefficient (Wildman–Crippen LogP) is 3.07.